The number of rotatable bonds is 7. The first-order chi connectivity index (χ1) is 30.3. The molecule has 12 rings (SSSR count). The summed E-state index contributed by atoms with van der Waals surface area (Å²) in [6.07, 6.45) is 0. The van der Waals surface area contributed by atoms with Gasteiger partial charge in [-0.05, 0) is 116 Å². The van der Waals surface area contributed by atoms with Crippen LogP contribution in [0.1, 0.15) is 22.3 Å². The average molecular weight is 777 g/mol. The van der Waals surface area contributed by atoms with Crippen molar-refractivity contribution in [3.8, 4) is 27.9 Å². The van der Waals surface area contributed by atoms with E-state index in [1.54, 1.807) is 0 Å². The number of benzene rings is 10. The molecule has 2 heteroatoms. The number of aromatic nitrogens is 1. The number of fused-ring (bicyclic) bond motifs is 8. The van der Waals surface area contributed by atoms with E-state index < -0.39 is 5.41 Å². The molecule has 0 unspecified atom stereocenters. The molecule has 0 spiro atoms. The lowest BCUT2D eigenvalue weighted by Gasteiger charge is -2.35. The Hall–Kier alpha value is -7.94. The summed E-state index contributed by atoms with van der Waals surface area (Å²) in [5.41, 5.74) is 16.4. The standard InChI is InChI=1S/C59H40N2/c1-5-20-44(21-6-1)59(45-22-7-2-8-23-45)54-31-16-15-30-51(54)52-36-34-49(40-55(52)59)60(46-24-9-3-10-25-46)48-28-17-19-42(38-48)43-32-35-53-57(39-43)61(47-26-11-4-12-27-47)56-37-33-41-18-13-14-29-50(41)58(53)56/h1-40H. The van der Waals surface area contributed by atoms with Crippen molar-refractivity contribution in [1.29, 1.82) is 0 Å². The summed E-state index contributed by atoms with van der Waals surface area (Å²) in [5.74, 6) is 0. The van der Waals surface area contributed by atoms with Crippen LogP contribution in [0.3, 0.4) is 0 Å². The van der Waals surface area contributed by atoms with Crippen molar-refractivity contribution in [1.82, 2.24) is 4.57 Å². The number of para-hydroxylation sites is 2. The highest BCUT2D eigenvalue weighted by atomic mass is 15.1. The van der Waals surface area contributed by atoms with Gasteiger partial charge in [-0.2, -0.15) is 0 Å². The topological polar surface area (TPSA) is 8.17 Å². The van der Waals surface area contributed by atoms with Crippen molar-refractivity contribution in [3.05, 3.63) is 265 Å². The van der Waals surface area contributed by atoms with Crippen LogP contribution in [-0.4, -0.2) is 4.57 Å². The summed E-state index contributed by atoms with van der Waals surface area (Å²) >= 11 is 0. The minimum atomic E-state index is -0.493. The summed E-state index contributed by atoms with van der Waals surface area (Å²) in [6.45, 7) is 0. The molecule has 0 saturated heterocycles. The van der Waals surface area contributed by atoms with Crippen LogP contribution in [0, 0.1) is 0 Å². The van der Waals surface area contributed by atoms with Gasteiger partial charge in [0.1, 0.15) is 0 Å². The molecule has 286 valence electrons. The Morgan fingerprint density at radius 3 is 1.72 bits per heavy atom. The lowest BCUT2D eigenvalue weighted by Crippen LogP contribution is -2.28. The van der Waals surface area contributed by atoms with Crippen molar-refractivity contribution in [2.75, 3.05) is 4.90 Å². The van der Waals surface area contributed by atoms with Gasteiger partial charge in [0.2, 0.25) is 0 Å². The van der Waals surface area contributed by atoms with Crippen molar-refractivity contribution >= 4 is 49.6 Å². The zero-order chi connectivity index (χ0) is 40.3. The van der Waals surface area contributed by atoms with Gasteiger partial charge in [-0.1, -0.05) is 182 Å². The van der Waals surface area contributed by atoms with E-state index >= 15 is 0 Å². The molecular weight excluding hydrogens is 737 g/mol. The fourth-order valence-corrected chi connectivity index (χ4v) is 10.2. The monoisotopic (exact) mass is 776 g/mol. The van der Waals surface area contributed by atoms with Gasteiger partial charge in [-0.25, -0.2) is 0 Å². The maximum Gasteiger partial charge on any atom is 0.0714 e. The van der Waals surface area contributed by atoms with E-state index in [0.717, 1.165) is 28.3 Å². The normalized spacial score (nSPS) is 12.7. The van der Waals surface area contributed by atoms with Gasteiger partial charge in [0.15, 0.2) is 0 Å². The predicted molar refractivity (Wildman–Crippen MR) is 256 cm³/mol. The van der Waals surface area contributed by atoms with Gasteiger partial charge < -0.3 is 9.47 Å². The molecule has 11 aromatic rings. The molecule has 0 N–H and O–H groups in total. The highest BCUT2D eigenvalue weighted by Gasteiger charge is 2.46. The highest BCUT2D eigenvalue weighted by molar-refractivity contribution is 6.21. The molecule has 0 fully saturated rings. The smallest absolute Gasteiger partial charge is 0.0714 e. The van der Waals surface area contributed by atoms with Crippen molar-refractivity contribution in [2.45, 2.75) is 5.41 Å². The number of hydrogen-bond acceptors (Lipinski definition) is 1. The first-order valence-electron chi connectivity index (χ1n) is 21.1. The van der Waals surface area contributed by atoms with Gasteiger partial charge in [0.25, 0.3) is 0 Å². The SMILES string of the molecule is c1ccc(N(c2cccc(-c3ccc4c5c6ccccc6ccc5n(-c5ccccc5)c4c3)c2)c2ccc3c(c2)C(c2ccccc2)(c2ccccc2)c2ccccc2-3)cc1. The summed E-state index contributed by atoms with van der Waals surface area (Å²) in [5, 5.41) is 5.06. The average Bonchev–Trinajstić information content (AvgIpc) is 3.83. The Morgan fingerprint density at radius 2 is 0.951 bits per heavy atom. The Morgan fingerprint density at radius 1 is 0.344 bits per heavy atom. The molecule has 1 heterocycles. The summed E-state index contributed by atoms with van der Waals surface area (Å²) < 4.78 is 2.43. The Kier molecular flexibility index (Phi) is 8.11. The zero-order valence-corrected chi connectivity index (χ0v) is 33.5. The molecule has 0 amide bonds. The molecule has 2 nitrogen and oxygen atoms in total. The van der Waals surface area contributed by atoms with E-state index in [9.17, 15) is 0 Å². The van der Waals surface area contributed by atoms with Crippen LogP contribution >= 0.6 is 0 Å². The van der Waals surface area contributed by atoms with Crippen LogP contribution in [0.5, 0.6) is 0 Å². The second-order valence-corrected chi connectivity index (χ2v) is 16.1. The Balaban J connectivity index is 1.05. The minimum absolute atomic E-state index is 0.493. The Labute approximate surface area is 355 Å². The van der Waals surface area contributed by atoms with Crippen LogP contribution in [0.25, 0.3) is 60.5 Å². The molecule has 61 heavy (non-hydrogen) atoms. The van der Waals surface area contributed by atoms with Gasteiger partial charge >= 0.3 is 0 Å². The van der Waals surface area contributed by atoms with Crippen molar-refractivity contribution in [3.63, 3.8) is 0 Å². The Bertz CT molecular complexity index is 3360. The fourth-order valence-electron chi connectivity index (χ4n) is 10.2. The molecule has 0 saturated carbocycles. The van der Waals surface area contributed by atoms with E-state index in [1.807, 2.05) is 0 Å². The van der Waals surface area contributed by atoms with Crippen LogP contribution < -0.4 is 4.90 Å². The number of hydrogen-bond donors (Lipinski definition) is 0. The number of nitrogens with zero attached hydrogens (tertiary/aromatic N) is 2. The second kappa shape index (κ2) is 14.1. The summed E-state index contributed by atoms with van der Waals surface area (Å²) in [4.78, 5) is 2.42. The molecule has 1 aliphatic rings. The maximum atomic E-state index is 2.45. The van der Waals surface area contributed by atoms with Gasteiger partial charge in [-0.15, -0.1) is 0 Å². The summed E-state index contributed by atoms with van der Waals surface area (Å²) in [6, 6.07) is 89.0. The van der Waals surface area contributed by atoms with Gasteiger partial charge in [-0.3, -0.25) is 0 Å². The lowest BCUT2D eigenvalue weighted by atomic mass is 9.67. The van der Waals surface area contributed by atoms with Crippen molar-refractivity contribution < 1.29 is 0 Å². The van der Waals surface area contributed by atoms with Crippen LogP contribution in [-0.2, 0) is 5.41 Å². The third-order valence-electron chi connectivity index (χ3n) is 12.8. The first-order valence-corrected chi connectivity index (χ1v) is 21.1. The van der Waals surface area contributed by atoms with Crippen LogP contribution in [0.2, 0.25) is 0 Å². The molecule has 10 aromatic carbocycles. The largest absolute Gasteiger partial charge is 0.310 e. The van der Waals surface area contributed by atoms with E-state index in [0.29, 0.717) is 0 Å². The quantitative estimate of drug-likeness (QED) is 0.156. The second-order valence-electron chi connectivity index (χ2n) is 16.1. The molecule has 1 aliphatic carbocycles. The maximum absolute atomic E-state index is 2.45. The van der Waals surface area contributed by atoms with Crippen LogP contribution in [0.4, 0.5) is 17.1 Å². The fraction of sp³-hybridized carbons (Fsp3) is 0.0169. The molecule has 0 bridgehead atoms. The third-order valence-corrected chi connectivity index (χ3v) is 12.8. The molecule has 0 aliphatic heterocycles. The van der Waals surface area contributed by atoms with Gasteiger partial charge in [0, 0.05) is 33.5 Å². The van der Waals surface area contributed by atoms with E-state index in [2.05, 4.69) is 252 Å². The van der Waals surface area contributed by atoms with E-state index in [-0.39, 0.29) is 0 Å². The minimum Gasteiger partial charge on any atom is -0.310 e. The third kappa shape index (κ3) is 5.43. The number of anilines is 3. The first kappa shape index (κ1) is 35.0. The lowest BCUT2D eigenvalue weighted by molar-refractivity contribution is 0.768. The highest BCUT2D eigenvalue weighted by Crippen LogP contribution is 2.57. The molecule has 1 aromatic heterocycles. The van der Waals surface area contributed by atoms with Gasteiger partial charge in [0.05, 0.1) is 16.4 Å². The molecule has 0 radical (unpaired) electrons. The summed E-state index contributed by atoms with van der Waals surface area (Å²) in [7, 11) is 0. The zero-order valence-electron chi connectivity index (χ0n) is 33.5. The van der Waals surface area contributed by atoms with E-state index in [1.165, 1.54) is 71.5 Å². The predicted octanol–water partition coefficient (Wildman–Crippen LogP) is 15.4. The van der Waals surface area contributed by atoms with Crippen molar-refractivity contribution in [2.24, 2.45) is 0 Å². The van der Waals surface area contributed by atoms with E-state index in [4.69, 9.17) is 0 Å². The molecular formula is C59H40N2. The molecule has 0 atom stereocenters. The van der Waals surface area contributed by atoms with Crippen LogP contribution in [0.15, 0.2) is 243 Å².